The van der Waals surface area contributed by atoms with Crippen LogP contribution >= 0.6 is 11.8 Å². The molecule has 20 heavy (non-hydrogen) atoms. The fourth-order valence-corrected chi connectivity index (χ4v) is 3.17. The summed E-state index contributed by atoms with van der Waals surface area (Å²) < 4.78 is 5.41. The second kappa shape index (κ2) is 5.87. The van der Waals surface area contributed by atoms with Gasteiger partial charge in [-0.15, -0.1) is 0 Å². The fraction of sp³-hybridized carbons (Fsp3) is 0.467. The second-order valence-corrected chi connectivity index (χ2v) is 6.44. The van der Waals surface area contributed by atoms with Gasteiger partial charge >= 0.3 is 0 Å². The molecule has 1 saturated heterocycles. The van der Waals surface area contributed by atoms with Gasteiger partial charge in [-0.3, -0.25) is 14.9 Å². The van der Waals surface area contributed by atoms with Gasteiger partial charge in [0.1, 0.15) is 5.75 Å². The monoisotopic (exact) mass is 293 g/mol. The van der Waals surface area contributed by atoms with E-state index in [2.05, 4.69) is 25.2 Å². The van der Waals surface area contributed by atoms with E-state index in [-0.39, 0.29) is 16.4 Å². The molecule has 0 saturated carbocycles. The van der Waals surface area contributed by atoms with Crippen molar-refractivity contribution in [1.29, 1.82) is 0 Å². The number of methoxy groups -OCH3 is 1. The van der Waals surface area contributed by atoms with Crippen LogP contribution in [0.3, 0.4) is 0 Å². The molecule has 1 aromatic rings. The minimum Gasteiger partial charge on any atom is -0.496 e. The van der Waals surface area contributed by atoms with E-state index in [1.165, 1.54) is 0 Å². The molecular weight excluding hydrogens is 274 g/mol. The summed E-state index contributed by atoms with van der Waals surface area (Å²) in [6.07, 6.45) is 0.567. The predicted octanol–water partition coefficient (Wildman–Crippen LogP) is 3.02. The average Bonchev–Trinajstić information content (AvgIpc) is 2.69. The number of amides is 2. The zero-order valence-electron chi connectivity index (χ0n) is 12.1. The third-order valence-corrected chi connectivity index (χ3v) is 4.46. The van der Waals surface area contributed by atoms with Crippen LogP contribution in [0.2, 0.25) is 0 Å². The Morgan fingerprint density at radius 1 is 1.35 bits per heavy atom. The first kappa shape index (κ1) is 14.9. The predicted molar refractivity (Wildman–Crippen MR) is 80.4 cm³/mol. The van der Waals surface area contributed by atoms with Gasteiger partial charge in [0.25, 0.3) is 5.24 Å². The number of aryl methyl sites for hydroxylation is 1. The molecule has 0 unspecified atom stereocenters. The number of imide groups is 1. The summed E-state index contributed by atoms with van der Waals surface area (Å²) in [4.78, 5) is 22.9. The Morgan fingerprint density at radius 3 is 2.55 bits per heavy atom. The Bertz CT molecular complexity index is 554. The first-order valence-corrected chi connectivity index (χ1v) is 7.49. The van der Waals surface area contributed by atoms with Crippen molar-refractivity contribution in [2.75, 3.05) is 7.11 Å². The first-order chi connectivity index (χ1) is 9.42. The van der Waals surface area contributed by atoms with Crippen LogP contribution < -0.4 is 10.1 Å². The van der Waals surface area contributed by atoms with E-state index in [1.54, 1.807) is 7.11 Å². The Morgan fingerprint density at radius 2 is 2.05 bits per heavy atom. The summed E-state index contributed by atoms with van der Waals surface area (Å²) in [7, 11) is 1.67. The summed E-state index contributed by atoms with van der Waals surface area (Å²) in [5.41, 5.74) is 3.30. The second-order valence-electron chi connectivity index (χ2n) is 5.26. The molecule has 1 aromatic carbocycles. The van der Waals surface area contributed by atoms with Gasteiger partial charge in [-0.2, -0.15) is 0 Å². The number of ether oxygens (including phenoxy) is 1. The smallest absolute Gasteiger partial charge is 0.286 e. The van der Waals surface area contributed by atoms with E-state index in [9.17, 15) is 9.59 Å². The number of carbonyl (C=O) groups is 2. The fourth-order valence-electron chi connectivity index (χ4n) is 2.32. The van der Waals surface area contributed by atoms with Gasteiger partial charge < -0.3 is 4.74 Å². The zero-order valence-corrected chi connectivity index (χ0v) is 13.0. The van der Waals surface area contributed by atoms with Crippen LogP contribution in [-0.4, -0.2) is 23.5 Å². The van der Waals surface area contributed by atoms with E-state index in [4.69, 9.17) is 4.74 Å². The van der Waals surface area contributed by atoms with Crippen molar-refractivity contribution in [2.45, 2.75) is 38.4 Å². The van der Waals surface area contributed by atoms with Crippen LogP contribution in [-0.2, 0) is 11.2 Å². The SMILES string of the molecule is COc1cc(C)c(C[C@@H]2SC(=O)NC2=O)cc1C(C)C. The maximum atomic E-state index is 11.7. The first-order valence-electron chi connectivity index (χ1n) is 6.61. The highest BCUT2D eigenvalue weighted by Gasteiger charge is 2.32. The molecule has 4 nitrogen and oxygen atoms in total. The van der Waals surface area contributed by atoms with Gasteiger partial charge in [0.05, 0.1) is 12.4 Å². The lowest BCUT2D eigenvalue weighted by Crippen LogP contribution is -2.25. The maximum absolute atomic E-state index is 11.7. The number of rotatable bonds is 4. The van der Waals surface area contributed by atoms with Crippen LogP contribution in [0, 0.1) is 6.92 Å². The van der Waals surface area contributed by atoms with Crippen molar-refractivity contribution in [2.24, 2.45) is 0 Å². The molecular formula is C15H19NO3S. The average molecular weight is 293 g/mol. The normalized spacial score (nSPS) is 18.6. The van der Waals surface area contributed by atoms with E-state index in [0.29, 0.717) is 12.3 Å². The lowest BCUT2D eigenvalue weighted by Gasteiger charge is -2.17. The van der Waals surface area contributed by atoms with Crippen LogP contribution in [0.25, 0.3) is 0 Å². The molecule has 1 heterocycles. The number of hydrogen-bond donors (Lipinski definition) is 1. The number of carbonyl (C=O) groups excluding carboxylic acids is 2. The van der Waals surface area contributed by atoms with Gasteiger partial charge in [0.15, 0.2) is 0 Å². The quantitative estimate of drug-likeness (QED) is 0.927. The lowest BCUT2D eigenvalue weighted by atomic mass is 9.94. The highest BCUT2D eigenvalue weighted by Crippen LogP contribution is 2.32. The van der Waals surface area contributed by atoms with E-state index >= 15 is 0 Å². The van der Waals surface area contributed by atoms with Gasteiger partial charge in [-0.1, -0.05) is 31.7 Å². The molecule has 1 aliphatic heterocycles. The highest BCUT2D eigenvalue weighted by atomic mass is 32.2. The Hall–Kier alpha value is -1.49. The minimum absolute atomic E-state index is 0.193. The van der Waals surface area contributed by atoms with Crippen LogP contribution in [0.1, 0.15) is 36.5 Å². The van der Waals surface area contributed by atoms with E-state index in [0.717, 1.165) is 34.2 Å². The molecule has 1 aliphatic rings. The van der Waals surface area contributed by atoms with Gasteiger partial charge in [-0.05, 0) is 42.0 Å². The molecule has 5 heteroatoms. The van der Waals surface area contributed by atoms with Crippen molar-refractivity contribution in [1.82, 2.24) is 5.32 Å². The van der Waals surface area contributed by atoms with Crippen molar-refractivity contribution < 1.29 is 14.3 Å². The molecule has 2 rings (SSSR count). The van der Waals surface area contributed by atoms with Crippen LogP contribution in [0.15, 0.2) is 12.1 Å². The summed E-state index contributed by atoms with van der Waals surface area (Å²) in [5, 5.41) is 1.75. The Labute approximate surface area is 123 Å². The van der Waals surface area contributed by atoms with Crippen molar-refractivity contribution >= 4 is 22.9 Å². The molecule has 2 amide bonds. The molecule has 0 aromatic heterocycles. The van der Waals surface area contributed by atoms with E-state index in [1.807, 2.05) is 13.0 Å². The van der Waals surface area contributed by atoms with Gasteiger partial charge in [0, 0.05) is 0 Å². The van der Waals surface area contributed by atoms with Gasteiger partial charge in [-0.25, -0.2) is 0 Å². The summed E-state index contributed by atoms with van der Waals surface area (Å²) >= 11 is 1.07. The Balaban J connectivity index is 2.30. The number of benzene rings is 1. The minimum atomic E-state index is -0.324. The van der Waals surface area contributed by atoms with Crippen molar-refractivity contribution in [3.05, 3.63) is 28.8 Å². The highest BCUT2D eigenvalue weighted by molar-refractivity contribution is 8.15. The molecule has 0 aliphatic carbocycles. The molecule has 1 N–H and O–H groups in total. The Kier molecular flexibility index (Phi) is 4.38. The summed E-state index contributed by atoms with van der Waals surface area (Å²) in [6.45, 7) is 6.22. The van der Waals surface area contributed by atoms with E-state index < -0.39 is 0 Å². The van der Waals surface area contributed by atoms with Crippen molar-refractivity contribution in [3.63, 3.8) is 0 Å². The van der Waals surface area contributed by atoms with Crippen LogP contribution in [0.5, 0.6) is 5.75 Å². The third kappa shape index (κ3) is 2.98. The summed E-state index contributed by atoms with van der Waals surface area (Å²) in [6, 6.07) is 4.10. The maximum Gasteiger partial charge on any atom is 0.286 e. The zero-order chi connectivity index (χ0) is 14.9. The van der Waals surface area contributed by atoms with Crippen molar-refractivity contribution in [3.8, 4) is 5.75 Å². The largest absolute Gasteiger partial charge is 0.496 e. The number of thioether (sulfide) groups is 1. The molecule has 1 atom stereocenters. The number of hydrogen-bond acceptors (Lipinski definition) is 4. The molecule has 108 valence electrons. The third-order valence-electron chi connectivity index (χ3n) is 3.48. The lowest BCUT2D eigenvalue weighted by molar-refractivity contribution is -0.118. The molecule has 0 radical (unpaired) electrons. The molecule has 0 spiro atoms. The molecule has 1 fully saturated rings. The van der Waals surface area contributed by atoms with Gasteiger partial charge in [0.2, 0.25) is 5.91 Å². The topological polar surface area (TPSA) is 55.4 Å². The summed E-state index contributed by atoms with van der Waals surface area (Å²) in [5.74, 6) is 1.03. The van der Waals surface area contributed by atoms with Crippen LogP contribution in [0.4, 0.5) is 4.79 Å². The number of nitrogens with one attached hydrogen (secondary N) is 1. The standard InChI is InChI=1S/C15H19NO3S/c1-8(2)11-6-10(9(3)5-12(11)19-4)7-13-14(17)16-15(18)20-13/h5-6,8,13H,7H2,1-4H3,(H,16,17,18)/t13-/m0/s1. The molecule has 0 bridgehead atoms.